The number of hydrogen-bond acceptors (Lipinski definition) is 3. The number of hydrogen-bond donors (Lipinski definition) is 1. The van der Waals surface area contributed by atoms with E-state index in [4.69, 9.17) is 21.1 Å². The molecular weight excluding hydrogens is 264 g/mol. The molecule has 0 fully saturated rings. The van der Waals surface area contributed by atoms with Gasteiger partial charge in [0, 0.05) is 30.9 Å². The maximum absolute atomic E-state index is 5.68. The maximum atomic E-state index is 5.68. The van der Waals surface area contributed by atoms with Gasteiger partial charge in [0.25, 0.3) is 0 Å². The van der Waals surface area contributed by atoms with Crippen LogP contribution in [0.4, 0.5) is 0 Å². The van der Waals surface area contributed by atoms with Crippen molar-refractivity contribution in [1.82, 2.24) is 9.97 Å². The third-order valence-corrected chi connectivity index (χ3v) is 3.46. The minimum Gasteiger partial charge on any atom is -0.489 e. The molecule has 2 aromatic rings. The van der Waals surface area contributed by atoms with Crippen LogP contribution >= 0.6 is 11.6 Å². The number of aromatic amines is 1. The number of aryl methyl sites for hydroxylation is 1. The quantitative estimate of drug-likeness (QED) is 0.690. The summed E-state index contributed by atoms with van der Waals surface area (Å²) in [5, 5.41) is 0. The number of H-pyrrole nitrogens is 1. The van der Waals surface area contributed by atoms with Gasteiger partial charge in [-0.05, 0) is 12.8 Å². The Bertz CT molecular complexity index is 525. The normalized spacial score (nSPS) is 14.6. The summed E-state index contributed by atoms with van der Waals surface area (Å²) >= 11 is 5.68. The SMILES string of the molecule is ClCCCCc1nc2cc3c(cc2[nH]1)OCCCO3. The third-order valence-electron chi connectivity index (χ3n) is 3.20. The molecule has 19 heavy (non-hydrogen) atoms. The summed E-state index contributed by atoms with van der Waals surface area (Å²) < 4.78 is 11.3. The lowest BCUT2D eigenvalue weighted by Crippen LogP contribution is -1.97. The number of aromatic nitrogens is 2. The molecule has 0 amide bonds. The highest BCUT2D eigenvalue weighted by Gasteiger charge is 2.13. The van der Waals surface area contributed by atoms with Crippen LogP contribution in [-0.2, 0) is 6.42 Å². The molecule has 0 unspecified atom stereocenters. The van der Waals surface area contributed by atoms with E-state index >= 15 is 0 Å². The number of nitrogens with zero attached hydrogens (tertiary/aromatic N) is 1. The van der Waals surface area contributed by atoms with Crippen LogP contribution in [0, 0.1) is 0 Å². The van der Waals surface area contributed by atoms with E-state index in [0.717, 1.165) is 54.0 Å². The van der Waals surface area contributed by atoms with Crippen LogP contribution in [0.5, 0.6) is 11.5 Å². The average Bonchev–Trinajstić information content (AvgIpc) is 2.65. The smallest absolute Gasteiger partial charge is 0.163 e. The van der Waals surface area contributed by atoms with Crippen molar-refractivity contribution >= 4 is 22.6 Å². The first-order chi connectivity index (χ1) is 9.36. The first kappa shape index (κ1) is 12.6. The highest BCUT2D eigenvalue weighted by atomic mass is 35.5. The van der Waals surface area contributed by atoms with Gasteiger partial charge in [0.1, 0.15) is 5.82 Å². The summed E-state index contributed by atoms with van der Waals surface area (Å²) in [5.74, 6) is 3.31. The monoisotopic (exact) mass is 280 g/mol. The Morgan fingerprint density at radius 1 is 1.16 bits per heavy atom. The molecule has 0 aliphatic carbocycles. The van der Waals surface area contributed by atoms with Crippen LogP contribution in [0.25, 0.3) is 11.0 Å². The van der Waals surface area contributed by atoms with Crippen molar-refractivity contribution in [3.05, 3.63) is 18.0 Å². The van der Waals surface area contributed by atoms with Crippen molar-refractivity contribution < 1.29 is 9.47 Å². The minimum atomic E-state index is 0.700. The number of imidazole rings is 1. The summed E-state index contributed by atoms with van der Waals surface area (Å²) in [6.45, 7) is 1.40. The first-order valence-corrected chi connectivity index (χ1v) is 7.24. The topological polar surface area (TPSA) is 47.1 Å². The second kappa shape index (κ2) is 5.70. The Morgan fingerprint density at radius 2 is 1.95 bits per heavy atom. The summed E-state index contributed by atoms with van der Waals surface area (Å²) in [6, 6.07) is 3.94. The van der Waals surface area contributed by atoms with Gasteiger partial charge in [-0.3, -0.25) is 0 Å². The van der Waals surface area contributed by atoms with Crippen molar-refractivity contribution in [2.45, 2.75) is 25.7 Å². The van der Waals surface area contributed by atoms with Gasteiger partial charge in [-0.1, -0.05) is 0 Å². The fourth-order valence-electron chi connectivity index (χ4n) is 2.22. The molecule has 1 aliphatic heterocycles. The van der Waals surface area contributed by atoms with Crippen molar-refractivity contribution in [3.63, 3.8) is 0 Å². The fourth-order valence-corrected chi connectivity index (χ4v) is 2.41. The molecule has 1 aliphatic rings. The largest absolute Gasteiger partial charge is 0.489 e. The van der Waals surface area contributed by atoms with Gasteiger partial charge in [0.2, 0.25) is 0 Å². The number of rotatable bonds is 4. The molecule has 2 heterocycles. The Balaban J connectivity index is 1.86. The summed E-state index contributed by atoms with van der Waals surface area (Å²) in [7, 11) is 0. The zero-order chi connectivity index (χ0) is 13.1. The zero-order valence-corrected chi connectivity index (χ0v) is 11.5. The molecule has 0 spiro atoms. The Hall–Kier alpha value is -1.42. The molecule has 5 heteroatoms. The predicted molar refractivity (Wildman–Crippen MR) is 75.4 cm³/mol. The lowest BCUT2D eigenvalue weighted by Gasteiger charge is -2.05. The summed E-state index contributed by atoms with van der Waals surface area (Å²) in [4.78, 5) is 7.92. The van der Waals surface area contributed by atoms with E-state index in [1.54, 1.807) is 0 Å². The van der Waals surface area contributed by atoms with Crippen LogP contribution in [-0.4, -0.2) is 29.1 Å². The number of alkyl halides is 1. The van der Waals surface area contributed by atoms with E-state index in [9.17, 15) is 0 Å². The lowest BCUT2D eigenvalue weighted by atomic mass is 10.2. The Labute approximate surface area is 117 Å². The molecule has 0 radical (unpaired) electrons. The van der Waals surface area contributed by atoms with Crippen LogP contribution in [0.3, 0.4) is 0 Å². The second-order valence-electron chi connectivity index (χ2n) is 4.70. The molecule has 1 N–H and O–H groups in total. The Morgan fingerprint density at radius 3 is 2.74 bits per heavy atom. The van der Waals surface area contributed by atoms with Gasteiger partial charge in [-0.15, -0.1) is 11.6 Å². The zero-order valence-electron chi connectivity index (χ0n) is 10.7. The number of benzene rings is 1. The molecule has 3 rings (SSSR count). The van der Waals surface area contributed by atoms with Gasteiger partial charge in [0.15, 0.2) is 11.5 Å². The number of halogens is 1. The van der Waals surface area contributed by atoms with E-state index in [1.165, 1.54) is 0 Å². The van der Waals surface area contributed by atoms with E-state index in [0.29, 0.717) is 19.1 Å². The van der Waals surface area contributed by atoms with Crippen LogP contribution in [0.2, 0.25) is 0 Å². The highest BCUT2D eigenvalue weighted by molar-refractivity contribution is 6.17. The summed E-state index contributed by atoms with van der Waals surface area (Å²) in [6.07, 6.45) is 3.91. The van der Waals surface area contributed by atoms with E-state index in [1.807, 2.05) is 12.1 Å². The van der Waals surface area contributed by atoms with Gasteiger partial charge < -0.3 is 14.5 Å². The van der Waals surface area contributed by atoms with Gasteiger partial charge in [-0.2, -0.15) is 0 Å². The molecule has 0 saturated heterocycles. The van der Waals surface area contributed by atoms with Gasteiger partial charge in [0.05, 0.1) is 24.2 Å². The van der Waals surface area contributed by atoms with Crippen LogP contribution < -0.4 is 9.47 Å². The highest BCUT2D eigenvalue weighted by Crippen LogP contribution is 2.33. The predicted octanol–water partition coefficient (Wildman–Crippen LogP) is 3.29. The molecular formula is C14H17ClN2O2. The molecule has 4 nitrogen and oxygen atoms in total. The average molecular weight is 281 g/mol. The van der Waals surface area contributed by atoms with Crippen molar-refractivity contribution in [2.24, 2.45) is 0 Å². The number of ether oxygens (including phenoxy) is 2. The van der Waals surface area contributed by atoms with E-state index in [2.05, 4.69) is 9.97 Å². The maximum Gasteiger partial charge on any atom is 0.163 e. The molecule has 102 valence electrons. The van der Waals surface area contributed by atoms with Crippen molar-refractivity contribution in [2.75, 3.05) is 19.1 Å². The molecule has 0 saturated carbocycles. The molecule has 0 atom stereocenters. The first-order valence-electron chi connectivity index (χ1n) is 6.71. The fraction of sp³-hybridized carbons (Fsp3) is 0.500. The number of unbranched alkanes of at least 4 members (excludes halogenated alkanes) is 1. The van der Waals surface area contributed by atoms with Gasteiger partial charge in [-0.25, -0.2) is 4.98 Å². The third kappa shape index (κ3) is 2.78. The number of nitrogens with one attached hydrogen (secondary N) is 1. The summed E-state index contributed by atoms with van der Waals surface area (Å²) in [5.41, 5.74) is 1.94. The standard InChI is InChI=1S/C14H17ClN2O2/c15-5-2-1-4-14-16-10-8-12-13(9-11(10)17-14)19-7-3-6-18-12/h8-9H,1-7H2,(H,16,17). The minimum absolute atomic E-state index is 0.700. The van der Waals surface area contributed by atoms with Crippen LogP contribution in [0.15, 0.2) is 12.1 Å². The molecule has 1 aromatic carbocycles. The Kier molecular flexibility index (Phi) is 3.78. The van der Waals surface area contributed by atoms with Crippen molar-refractivity contribution in [1.29, 1.82) is 0 Å². The lowest BCUT2D eigenvalue weighted by molar-refractivity contribution is 0.297. The second-order valence-corrected chi connectivity index (χ2v) is 5.07. The molecule has 0 bridgehead atoms. The van der Waals surface area contributed by atoms with Crippen LogP contribution in [0.1, 0.15) is 25.1 Å². The van der Waals surface area contributed by atoms with Crippen molar-refractivity contribution in [3.8, 4) is 11.5 Å². The van der Waals surface area contributed by atoms with E-state index < -0.39 is 0 Å². The van der Waals surface area contributed by atoms with Gasteiger partial charge >= 0.3 is 0 Å². The molecule has 1 aromatic heterocycles. The van der Waals surface area contributed by atoms with E-state index in [-0.39, 0.29) is 0 Å². The number of fused-ring (bicyclic) bond motifs is 2.